The van der Waals surface area contributed by atoms with Crippen molar-refractivity contribution in [2.45, 2.75) is 33.2 Å². The Morgan fingerprint density at radius 3 is 2.58 bits per heavy atom. The Morgan fingerprint density at radius 2 is 2.00 bits per heavy atom. The first-order valence-corrected chi connectivity index (χ1v) is 7.04. The minimum absolute atomic E-state index is 0.0612. The molecule has 3 heteroatoms. The van der Waals surface area contributed by atoms with Crippen molar-refractivity contribution in [3.05, 3.63) is 58.0 Å². The predicted molar refractivity (Wildman–Crippen MR) is 79.8 cm³/mol. The van der Waals surface area contributed by atoms with Crippen LogP contribution < -0.4 is 5.32 Å². The summed E-state index contributed by atoms with van der Waals surface area (Å²) in [5.74, 6) is 1.87. The number of rotatable bonds is 5. The molecule has 0 spiro atoms. The molecule has 0 aliphatic rings. The highest BCUT2D eigenvalue weighted by Crippen LogP contribution is 2.27. The van der Waals surface area contributed by atoms with Crippen molar-refractivity contribution in [2.24, 2.45) is 0 Å². The quantitative estimate of drug-likeness (QED) is 0.861. The topological polar surface area (TPSA) is 25.2 Å². The van der Waals surface area contributed by atoms with Crippen LogP contribution in [0, 0.1) is 13.8 Å². The van der Waals surface area contributed by atoms with Crippen LogP contribution in [0.3, 0.4) is 0 Å². The number of halogens is 1. The third-order valence-corrected chi connectivity index (χ3v) is 3.26. The van der Waals surface area contributed by atoms with Gasteiger partial charge in [0.05, 0.1) is 6.04 Å². The average Bonchev–Trinajstić information content (AvgIpc) is 2.75. The summed E-state index contributed by atoms with van der Waals surface area (Å²) >= 11 is 6.16. The van der Waals surface area contributed by atoms with Gasteiger partial charge in [-0.05, 0) is 62.2 Å². The Balaban J connectivity index is 2.36. The first-order chi connectivity index (χ1) is 9.10. The van der Waals surface area contributed by atoms with Crippen LogP contribution in [0.1, 0.15) is 42.0 Å². The molecule has 1 aromatic heterocycles. The van der Waals surface area contributed by atoms with E-state index in [1.54, 1.807) is 0 Å². The van der Waals surface area contributed by atoms with Gasteiger partial charge in [0, 0.05) is 5.02 Å². The Morgan fingerprint density at radius 1 is 1.21 bits per heavy atom. The zero-order valence-electron chi connectivity index (χ0n) is 11.7. The molecular formula is C16H20ClNO. The molecule has 0 radical (unpaired) electrons. The molecule has 0 saturated heterocycles. The summed E-state index contributed by atoms with van der Waals surface area (Å²) in [5, 5.41) is 4.28. The molecule has 0 bridgehead atoms. The van der Waals surface area contributed by atoms with Gasteiger partial charge < -0.3 is 9.73 Å². The fraction of sp³-hybridized carbons (Fsp3) is 0.375. The van der Waals surface area contributed by atoms with Crippen LogP contribution in [0.2, 0.25) is 5.02 Å². The van der Waals surface area contributed by atoms with Gasteiger partial charge in [-0.25, -0.2) is 0 Å². The first kappa shape index (κ1) is 14.2. The van der Waals surface area contributed by atoms with Crippen LogP contribution in [-0.4, -0.2) is 6.54 Å². The smallest absolute Gasteiger partial charge is 0.125 e. The maximum atomic E-state index is 6.16. The first-order valence-electron chi connectivity index (χ1n) is 6.67. The monoisotopic (exact) mass is 277 g/mol. The lowest BCUT2D eigenvalue weighted by molar-refractivity contribution is 0.430. The van der Waals surface area contributed by atoms with E-state index in [9.17, 15) is 0 Å². The second-order valence-electron chi connectivity index (χ2n) is 4.90. The van der Waals surface area contributed by atoms with Gasteiger partial charge in [0.1, 0.15) is 11.5 Å². The van der Waals surface area contributed by atoms with E-state index in [0.717, 1.165) is 40.6 Å². The Kier molecular flexibility index (Phi) is 4.67. The molecule has 1 N–H and O–H groups in total. The molecule has 0 aliphatic heterocycles. The number of benzene rings is 1. The molecule has 0 amide bonds. The molecule has 1 heterocycles. The lowest BCUT2D eigenvalue weighted by Gasteiger charge is -2.17. The summed E-state index contributed by atoms with van der Waals surface area (Å²) in [4.78, 5) is 0. The van der Waals surface area contributed by atoms with Gasteiger partial charge >= 0.3 is 0 Å². The fourth-order valence-corrected chi connectivity index (χ4v) is 2.51. The maximum Gasteiger partial charge on any atom is 0.125 e. The highest BCUT2D eigenvalue weighted by molar-refractivity contribution is 6.30. The van der Waals surface area contributed by atoms with Gasteiger partial charge in [-0.15, -0.1) is 0 Å². The average molecular weight is 278 g/mol. The number of hydrogen-bond donors (Lipinski definition) is 1. The molecular weight excluding hydrogens is 258 g/mol. The summed E-state index contributed by atoms with van der Waals surface area (Å²) in [6, 6.07) is 10.2. The van der Waals surface area contributed by atoms with E-state index in [1.165, 1.54) is 0 Å². The van der Waals surface area contributed by atoms with Crippen LogP contribution in [0.25, 0.3) is 0 Å². The molecule has 1 aromatic carbocycles. The van der Waals surface area contributed by atoms with Crippen molar-refractivity contribution in [2.75, 3.05) is 6.54 Å². The largest absolute Gasteiger partial charge is 0.464 e. The minimum Gasteiger partial charge on any atom is -0.464 e. The van der Waals surface area contributed by atoms with Crippen molar-refractivity contribution in [3.8, 4) is 0 Å². The van der Waals surface area contributed by atoms with Crippen LogP contribution in [0.15, 0.2) is 34.7 Å². The zero-order valence-corrected chi connectivity index (χ0v) is 12.4. The van der Waals surface area contributed by atoms with Crippen LogP contribution in [-0.2, 0) is 0 Å². The van der Waals surface area contributed by atoms with Crippen molar-refractivity contribution < 1.29 is 4.42 Å². The summed E-state index contributed by atoms with van der Waals surface area (Å²) < 4.78 is 5.77. The second-order valence-corrected chi connectivity index (χ2v) is 5.33. The highest BCUT2D eigenvalue weighted by atomic mass is 35.5. The second kappa shape index (κ2) is 6.27. The normalized spacial score (nSPS) is 12.6. The van der Waals surface area contributed by atoms with E-state index in [1.807, 2.05) is 31.2 Å². The number of nitrogens with one attached hydrogen (secondary N) is 1. The standard InChI is InChI=1S/C16H20ClNO/c1-4-7-18-16(15-6-5-12(3)19-15)13-8-11(2)9-14(17)10-13/h5-6,8-10,16,18H,4,7H2,1-3H3. The Bertz CT molecular complexity index is 527. The number of aryl methyl sites for hydroxylation is 2. The molecule has 0 saturated carbocycles. The molecule has 0 aliphatic carbocycles. The van der Waals surface area contributed by atoms with E-state index >= 15 is 0 Å². The van der Waals surface area contributed by atoms with E-state index < -0.39 is 0 Å². The predicted octanol–water partition coefficient (Wildman–Crippen LogP) is 4.64. The van der Waals surface area contributed by atoms with Crippen LogP contribution in [0.4, 0.5) is 0 Å². The lowest BCUT2D eigenvalue weighted by atomic mass is 10.0. The number of furan rings is 1. The van der Waals surface area contributed by atoms with Gasteiger partial charge in [-0.1, -0.05) is 24.6 Å². The van der Waals surface area contributed by atoms with Crippen molar-refractivity contribution in [1.29, 1.82) is 0 Å². The zero-order chi connectivity index (χ0) is 13.8. The summed E-state index contributed by atoms with van der Waals surface area (Å²) in [5.41, 5.74) is 2.31. The maximum absolute atomic E-state index is 6.16. The van der Waals surface area contributed by atoms with E-state index in [0.29, 0.717) is 0 Å². The van der Waals surface area contributed by atoms with E-state index in [-0.39, 0.29) is 6.04 Å². The molecule has 2 rings (SSSR count). The third-order valence-electron chi connectivity index (χ3n) is 3.04. The third kappa shape index (κ3) is 3.62. The molecule has 2 aromatic rings. The van der Waals surface area contributed by atoms with Crippen LogP contribution >= 0.6 is 11.6 Å². The summed E-state index contributed by atoms with van der Waals surface area (Å²) in [7, 11) is 0. The van der Waals surface area contributed by atoms with Gasteiger partial charge in [0.25, 0.3) is 0 Å². The molecule has 2 nitrogen and oxygen atoms in total. The molecule has 0 fully saturated rings. The van der Waals surface area contributed by atoms with Crippen LogP contribution in [0.5, 0.6) is 0 Å². The minimum atomic E-state index is 0.0612. The molecule has 1 atom stereocenters. The number of hydrogen-bond acceptors (Lipinski definition) is 2. The van der Waals surface area contributed by atoms with Gasteiger partial charge in [-0.3, -0.25) is 0 Å². The van der Waals surface area contributed by atoms with E-state index in [2.05, 4.69) is 25.2 Å². The van der Waals surface area contributed by atoms with Gasteiger partial charge in [0.2, 0.25) is 0 Å². The summed E-state index contributed by atoms with van der Waals surface area (Å²) in [6.45, 7) is 7.11. The summed E-state index contributed by atoms with van der Waals surface area (Å²) in [6.07, 6.45) is 1.08. The van der Waals surface area contributed by atoms with E-state index in [4.69, 9.17) is 16.0 Å². The van der Waals surface area contributed by atoms with Crippen molar-refractivity contribution in [3.63, 3.8) is 0 Å². The Hall–Kier alpha value is -1.25. The molecule has 19 heavy (non-hydrogen) atoms. The van der Waals surface area contributed by atoms with Gasteiger partial charge in [0.15, 0.2) is 0 Å². The fourth-order valence-electron chi connectivity index (χ4n) is 2.21. The van der Waals surface area contributed by atoms with Crippen molar-refractivity contribution in [1.82, 2.24) is 5.32 Å². The lowest BCUT2D eigenvalue weighted by Crippen LogP contribution is -2.22. The van der Waals surface area contributed by atoms with Crippen molar-refractivity contribution >= 4 is 11.6 Å². The molecule has 1 unspecified atom stereocenters. The van der Waals surface area contributed by atoms with Gasteiger partial charge in [-0.2, -0.15) is 0 Å². The molecule has 102 valence electrons. The highest BCUT2D eigenvalue weighted by Gasteiger charge is 2.17. The Labute approximate surface area is 119 Å². The SMILES string of the molecule is CCCNC(c1cc(C)cc(Cl)c1)c1ccc(C)o1.